The van der Waals surface area contributed by atoms with E-state index in [9.17, 15) is 0 Å². The lowest BCUT2D eigenvalue weighted by atomic mass is 10.3. The third-order valence-electron chi connectivity index (χ3n) is 2.56. The Morgan fingerprint density at radius 2 is 1.95 bits per heavy atom. The number of para-hydroxylation sites is 1. The Kier molecular flexibility index (Phi) is 5.30. The Labute approximate surface area is 127 Å². The predicted octanol–water partition coefficient (Wildman–Crippen LogP) is -0.555. The van der Waals surface area contributed by atoms with Crippen molar-refractivity contribution in [3.05, 3.63) is 42.2 Å². The first kappa shape index (κ1) is 15.3. The highest BCUT2D eigenvalue weighted by atomic mass is 16.5. The molecular weight excluding hydrogens is 284 g/mol. The van der Waals surface area contributed by atoms with Gasteiger partial charge in [-0.2, -0.15) is 4.99 Å². The molecule has 0 fully saturated rings. The number of guanidine groups is 2. The van der Waals surface area contributed by atoms with Crippen LogP contribution in [-0.2, 0) is 13.2 Å². The summed E-state index contributed by atoms with van der Waals surface area (Å²) in [5.74, 6) is 0.696. The molecule has 0 saturated carbocycles. The van der Waals surface area contributed by atoms with E-state index in [-0.39, 0.29) is 11.9 Å². The van der Waals surface area contributed by atoms with Gasteiger partial charge in [0.2, 0.25) is 5.96 Å². The molecule has 1 aromatic carbocycles. The molecule has 0 amide bonds. The monoisotopic (exact) mass is 302 g/mol. The molecule has 0 radical (unpaired) electrons. The van der Waals surface area contributed by atoms with Crippen LogP contribution in [0.2, 0.25) is 0 Å². The van der Waals surface area contributed by atoms with E-state index in [1.54, 1.807) is 10.9 Å². The van der Waals surface area contributed by atoms with Crippen LogP contribution in [-0.4, -0.2) is 33.5 Å². The van der Waals surface area contributed by atoms with E-state index < -0.39 is 0 Å². The second kappa shape index (κ2) is 7.62. The van der Waals surface area contributed by atoms with Gasteiger partial charge in [0.05, 0.1) is 19.3 Å². The minimum absolute atomic E-state index is 0.0350. The normalized spacial score (nSPS) is 11.2. The van der Waals surface area contributed by atoms with Crippen LogP contribution >= 0.6 is 0 Å². The fourth-order valence-electron chi connectivity index (χ4n) is 1.62. The van der Waals surface area contributed by atoms with E-state index >= 15 is 0 Å². The van der Waals surface area contributed by atoms with Crippen molar-refractivity contribution >= 4 is 11.9 Å². The van der Waals surface area contributed by atoms with Gasteiger partial charge < -0.3 is 21.9 Å². The molecule has 0 spiro atoms. The molecule has 0 atom stereocenters. The van der Waals surface area contributed by atoms with Gasteiger partial charge in [-0.1, -0.05) is 23.4 Å². The molecule has 9 heteroatoms. The number of aromatic nitrogens is 3. The third-order valence-corrected chi connectivity index (χ3v) is 2.56. The Balaban J connectivity index is 1.80. The van der Waals surface area contributed by atoms with Gasteiger partial charge in [0.25, 0.3) is 0 Å². The third kappa shape index (κ3) is 5.12. The maximum absolute atomic E-state index is 5.58. The van der Waals surface area contributed by atoms with Crippen molar-refractivity contribution in [2.75, 3.05) is 6.54 Å². The zero-order valence-electron chi connectivity index (χ0n) is 12.0. The number of ether oxygens (including phenoxy) is 1. The fraction of sp³-hybridized carbons (Fsp3) is 0.231. The average molecular weight is 302 g/mol. The molecule has 2 rings (SSSR count). The van der Waals surface area contributed by atoms with E-state index in [0.717, 1.165) is 11.4 Å². The molecule has 0 unspecified atom stereocenters. The summed E-state index contributed by atoms with van der Waals surface area (Å²) in [6.07, 6.45) is 1.79. The first-order valence-electron chi connectivity index (χ1n) is 6.60. The maximum atomic E-state index is 5.58. The largest absolute Gasteiger partial charge is 0.487 e. The van der Waals surface area contributed by atoms with E-state index in [4.69, 9.17) is 21.9 Å². The van der Waals surface area contributed by atoms with Crippen LogP contribution in [0.25, 0.3) is 0 Å². The summed E-state index contributed by atoms with van der Waals surface area (Å²) in [5.41, 5.74) is 16.6. The Morgan fingerprint density at radius 3 is 2.68 bits per heavy atom. The van der Waals surface area contributed by atoms with Gasteiger partial charge in [-0.15, -0.1) is 5.10 Å². The van der Waals surface area contributed by atoms with Gasteiger partial charge in [-0.3, -0.25) is 4.68 Å². The second-order valence-electron chi connectivity index (χ2n) is 4.35. The zero-order chi connectivity index (χ0) is 15.8. The van der Waals surface area contributed by atoms with Crippen molar-refractivity contribution in [3.63, 3.8) is 0 Å². The number of nitrogens with two attached hydrogens (primary N) is 3. The first-order chi connectivity index (χ1) is 10.6. The lowest BCUT2D eigenvalue weighted by Gasteiger charge is -2.02. The van der Waals surface area contributed by atoms with Gasteiger partial charge in [-0.25, -0.2) is 4.99 Å². The molecule has 0 aliphatic rings. The van der Waals surface area contributed by atoms with Crippen molar-refractivity contribution in [2.45, 2.75) is 13.2 Å². The van der Waals surface area contributed by atoms with Gasteiger partial charge in [0.1, 0.15) is 18.1 Å². The van der Waals surface area contributed by atoms with Crippen molar-refractivity contribution < 1.29 is 4.74 Å². The molecule has 0 bridgehead atoms. The summed E-state index contributed by atoms with van der Waals surface area (Å²) in [6.45, 7) is 1.26. The quantitative estimate of drug-likeness (QED) is 0.482. The molecule has 9 nitrogen and oxygen atoms in total. The fourth-order valence-corrected chi connectivity index (χ4v) is 1.62. The molecular formula is C13H18N8O. The van der Waals surface area contributed by atoms with Crippen LogP contribution in [0.4, 0.5) is 0 Å². The number of nitrogens with zero attached hydrogens (tertiary/aromatic N) is 5. The summed E-state index contributed by atoms with van der Waals surface area (Å²) in [5, 5.41) is 8.00. The van der Waals surface area contributed by atoms with Crippen molar-refractivity contribution in [1.82, 2.24) is 15.0 Å². The van der Waals surface area contributed by atoms with E-state index in [1.165, 1.54) is 0 Å². The van der Waals surface area contributed by atoms with Crippen molar-refractivity contribution in [1.29, 1.82) is 0 Å². The van der Waals surface area contributed by atoms with Crippen LogP contribution in [0.5, 0.6) is 5.75 Å². The SMILES string of the molecule is NC(N)=NC(N)=NCCn1cc(COc2ccccc2)nn1. The highest BCUT2D eigenvalue weighted by molar-refractivity contribution is 5.92. The van der Waals surface area contributed by atoms with Gasteiger partial charge >= 0.3 is 0 Å². The molecule has 2 aromatic rings. The van der Waals surface area contributed by atoms with Gasteiger partial charge in [0.15, 0.2) is 5.96 Å². The van der Waals surface area contributed by atoms with E-state index in [0.29, 0.717) is 19.7 Å². The van der Waals surface area contributed by atoms with Crippen LogP contribution in [0.1, 0.15) is 5.69 Å². The molecule has 1 aromatic heterocycles. The van der Waals surface area contributed by atoms with Crippen LogP contribution in [0.3, 0.4) is 0 Å². The summed E-state index contributed by atoms with van der Waals surface area (Å²) in [7, 11) is 0. The Hall–Kier alpha value is -3.10. The lowest BCUT2D eigenvalue weighted by molar-refractivity contribution is 0.301. The highest BCUT2D eigenvalue weighted by Crippen LogP contribution is 2.10. The van der Waals surface area contributed by atoms with Crippen LogP contribution in [0.15, 0.2) is 46.5 Å². The first-order valence-corrected chi connectivity index (χ1v) is 6.60. The van der Waals surface area contributed by atoms with Gasteiger partial charge in [0, 0.05) is 0 Å². The topological polar surface area (TPSA) is 143 Å². The Bertz CT molecular complexity index is 645. The number of hydrogen-bond acceptors (Lipinski definition) is 4. The number of aliphatic imine (C=N–C) groups is 2. The average Bonchev–Trinajstić information content (AvgIpc) is 2.93. The molecule has 6 N–H and O–H groups in total. The highest BCUT2D eigenvalue weighted by Gasteiger charge is 2.01. The lowest BCUT2D eigenvalue weighted by Crippen LogP contribution is -2.26. The Morgan fingerprint density at radius 1 is 1.18 bits per heavy atom. The molecule has 0 aliphatic carbocycles. The maximum Gasteiger partial charge on any atom is 0.218 e. The van der Waals surface area contributed by atoms with Crippen LogP contribution in [0, 0.1) is 0 Å². The predicted molar refractivity (Wildman–Crippen MR) is 83.1 cm³/mol. The molecule has 1 heterocycles. The van der Waals surface area contributed by atoms with Gasteiger partial charge in [-0.05, 0) is 12.1 Å². The molecule has 116 valence electrons. The summed E-state index contributed by atoms with van der Waals surface area (Å²) in [4.78, 5) is 7.60. The molecule has 0 saturated heterocycles. The standard InChI is InChI=1S/C13H18N8O/c14-12(15)18-13(16)17-6-7-21-8-10(19-20-21)9-22-11-4-2-1-3-5-11/h1-5,8H,6-7,9H2,(H6,14,15,16,17,18). The summed E-state index contributed by atoms with van der Waals surface area (Å²) in [6, 6.07) is 9.51. The number of rotatable bonds is 6. The number of benzene rings is 1. The summed E-state index contributed by atoms with van der Waals surface area (Å²) < 4.78 is 7.23. The second-order valence-corrected chi connectivity index (χ2v) is 4.35. The molecule has 22 heavy (non-hydrogen) atoms. The van der Waals surface area contributed by atoms with Crippen molar-refractivity contribution in [3.8, 4) is 5.75 Å². The minimum atomic E-state index is -0.123. The molecule has 0 aliphatic heterocycles. The van der Waals surface area contributed by atoms with Crippen molar-refractivity contribution in [2.24, 2.45) is 27.2 Å². The summed E-state index contributed by atoms with van der Waals surface area (Å²) >= 11 is 0. The smallest absolute Gasteiger partial charge is 0.218 e. The minimum Gasteiger partial charge on any atom is -0.487 e. The van der Waals surface area contributed by atoms with E-state index in [1.807, 2.05) is 30.3 Å². The number of hydrogen-bond donors (Lipinski definition) is 3. The van der Waals surface area contributed by atoms with Crippen LogP contribution < -0.4 is 21.9 Å². The van der Waals surface area contributed by atoms with E-state index in [2.05, 4.69) is 20.3 Å². The zero-order valence-corrected chi connectivity index (χ0v) is 12.0.